The number of carbonyl (C=O) groups is 1. The first kappa shape index (κ1) is 26.6. The minimum absolute atomic E-state index is 0.0767. The van der Waals surface area contributed by atoms with Crippen molar-refractivity contribution in [3.63, 3.8) is 0 Å². The average molecular weight is 546 g/mol. The molecule has 1 amide bonds. The Morgan fingerprint density at radius 3 is 2.50 bits per heavy atom. The number of hydrogen-bond acceptors (Lipinski definition) is 6. The Balaban J connectivity index is 1.37. The molecule has 1 aliphatic carbocycles. The number of piperidine rings is 1. The third-order valence-electron chi connectivity index (χ3n) is 8.47. The van der Waals surface area contributed by atoms with Crippen molar-refractivity contribution >= 4 is 22.9 Å². The maximum atomic E-state index is 15.7. The van der Waals surface area contributed by atoms with Gasteiger partial charge in [-0.15, -0.1) is 0 Å². The van der Waals surface area contributed by atoms with Gasteiger partial charge in [-0.25, -0.2) is 14.4 Å². The van der Waals surface area contributed by atoms with Gasteiger partial charge in [-0.3, -0.25) is 14.8 Å². The quantitative estimate of drug-likeness (QED) is 0.373. The fourth-order valence-electron chi connectivity index (χ4n) is 6.21. The number of halogens is 1. The van der Waals surface area contributed by atoms with Crippen LogP contribution in [0.1, 0.15) is 72.1 Å². The molecule has 1 saturated heterocycles. The van der Waals surface area contributed by atoms with E-state index in [1.807, 2.05) is 0 Å². The highest BCUT2D eigenvalue weighted by molar-refractivity contribution is 6.05. The SMILES string of the molecule is Cc1cc(C(=O)Nc2nc3cc(C4CCN(C)CC4)ccc3n2[C@H]2CC[C@@H](O)CC2)c(F)c(-c2cnn(C)c2)n1. The lowest BCUT2D eigenvalue weighted by molar-refractivity contribution is 0.101. The lowest BCUT2D eigenvalue weighted by atomic mass is 9.89. The fraction of sp³-hybridized carbons (Fsp3) is 0.467. The zero-order valence-corrected chi connectivity index (χ0v) is 23.3. The highest BCUT2D eigenvalue weighted by atomic mass is 19.1. The molecule has 0 atom stereocenters. The number of aliphatic hydroxyl groups is 1. The number of aryl methyl sites for hydroxylation is 2. The van der Waals surface area contributed by atoms with Crippen LogP contribution in [-0.2, 0) is 7.05 Å². The molecule has 210 valence electrons. The molecule has 9 nitrogen and oxygen atoms in total. The van der Waals surface area contributed by atoms with Crippen molar-refractivity contribution in [2.24, 2.45) is 7.05 Å². The van der Waals surface area contributed by atoms with E-state index in [2.05, 4.69) is 50.1 Å². The van der Waals surface area contributed by atoms with Crippen LogP contribution in [0.15, 0.2) is 36.7 Å². The predicted octanol–water partition coefficient (Wildman–Crippen LogP) is 4.82. The molecule has 1 aliphatic heterocycles. The molecule has 1 aromatic carbocycles. The standard InChI is InChI=1S/C30H36FN7O2/c1-18-14-24(27(31)28(33-18)21-16-32-37(3)17-21)29(40)35-30-34-25-15-20(19-10-12-36(2)13-11-19)4-9-26(25)38(30)22-5-7-23(39)8-6-22/h4,9,14-17,19,22-23,39H,5-8,10-13H2,1-3H3,(H,34,35,40)/t22-,23+. The lowest BCUT2D eigenvalue weighted by Crippen LogP contribution is -2.29. The summed E-state index contributed by atoms with van der Waals surface area (Å²) in [6, 6.07) is 7.98. The lowest BCUT2D eigenvalue weighted by Gasteiger charge is -2.29. The summed E-state index contributed by atoms with van der Waals surface area (Å²) in [6.07, 6.45) is 8.05. The number of pyridine rings is 1. The molecule has 0 bridgehead atoms. The highest BCUT2D eigenvalue weighted by Crippen LogP contribution is 2.37. The molecule has 0 unspecified atom stereocenters. The second kappa shape index (κ2) is 10.7. The number of hydrogen-bond donors (Lipinski definition) is 2. The monoisotopic (exact) mass is 545 g/mol. The second-order valence-corrected chi connectivity index (χ2v) is 11.4. The number of fused-ring (bicyclic) bond motifs is 1. The summed E-state index contributed by atoms with van der Waals surface area (Å²) in [5, 5.41) is 17.2. The Hall–Kier alpha value is -3.63. The molecule has 2 N–H and O–H groups in total. The average Bonchev–Trinajstić information content (AvgIpc) is 3.53. The molecule has 10 heteroatoms. The molecular formula is C30H36FN7O2. The molecule has 4 aromatic rings. The van der Waals surface area contributed by atoms with E-state index >= 15 is 4.39 Å². The largest absolute Gasteiger partial charge is 0.393 e. The number of likely N-dealkylation sites (tertiary alicyclic amines) is 1. The number of aromatic nitrogens is 5. The molecule has 3 aromatic heterocycles. The van der Waals surface area contributed by atoms with Gasteiger partial charge in [0.15, 0.2) is 5.82 Å². The molecule has 2 aliphatic rings. The maximum Gasteiger partial charge on any atom is 0.261 e. The summed E-state index contributed by atoms with van der Waals surface area (Å²) in [6.45, 7) is 3.88. The van der Waals surface area contributed by atoms with Crippen LogP contribution in [0.2, 0.25) is 0 Å². The molecule has 6 rings (SSSR count). The van der Waals surface area contributed by atoms with Crippen molar-refractivity contribution in [3.05, 3.63) is 59.3 Å². The zero-order chi connectivity index (χ0) is 28.0. The summed E-state index contributed by atoms with van der Waals surface area (Å²) < 4.78 is 19.3. The van der Waals surface area contributed by atoms with E-state index in [0.29, 0.717) is 36.0 Å². The first-order valence-electron chi connectivity index (χ1n) is 14.1. The van der Waals surface area contributed by atoms with Gasteiger partial charge in [0.25, 0.3) is 5.91 Å². The molecule has 0 radical (unpaired) electrons. The van der Waals surface area contributed by atoms with Crippen molar-refractivity contribution in [1.82, 2.24) is 29.2 Å². The van der Waals surface area contributed by atoms with E-state index in [9.17, 15) is 9.90 Å². The van der Waals surface area contributed by atoms with E-state index in [1.165, 1.54) is 17.8 Å². The summed E-state index contributed by atoms with van der Waals surface area (Å²) in [7, 11) is 3.90. The van der Waals surface area contributed by atoms with Gasteiger partial charge in [0.05, 0.1) is 28.9 Å². The van der Waals surface area contributed by atoms with E-state index in [0.717, 1.165) is 49.8 Å². The Labute approximate surface area is 233 Å². The second-order valence-electron chi connectivity index (χ2n) is 11.4. The molecule has 1 saturated carbocycles. The summed E-state index contributed by atoms with van der Waals surface area (Å²) in [4.78, 5) is 25.2. The van der Waals surface area contributed by atoms with Gasteiger partial charge >= 0.3 is 0 Å². The number of benzene rings is 1. The Morgan fingerprint density at radius 2 is 1.80 bits per heavy atom. The van der Waals surface area contributed by atoms with Crippen molar-refractivity contribution in [3.8, 4) is 11.3 Å². The van der Waals surface area contributed by atoms with Crippen molar-refractivity contribution in [2.45, 2.75) is 63.5 Å². The Bertz CT molecular complexity index is 1550. The minimum Gasteiger partial charge on any atom is -0.393 e. The van der Waals surface area contributed by atoms with Gasteiger partial charge in [0.1, 0.15) is 5.69 Å². The topological polar surface area (TPSA) is 101 Å². The maximum absolute atomic E-state index is 15.7. The number of imidazole rings is 1. The number of amides is 1. The van der Waals surface area contributed by atoms with Crippen LogP contribution >= 0.6 is 0 Å². The van der Waals surface area contributed by atoms with E-state index in [1.54, 1.807) is 24.9 Å². The van der Waals surface area contributed by atoms with E-state index in [4.69, 9.17) is 4.98 Å². The number of nitrogens with one attached hydrogen (secondary N) is 1. The van der Waals surface area contributed by atoms with Crippen LogP contribution in [0.4, 0.5) is 10.3 Å². The first-order valence-corrected chi connectivity index (χ1v) is 14.1. The highest BCUT2D eigenvalue weighted by Gasteiger charge is 2.28. The van der Waals surface area contributed by atoms with Crippen LogP contribution in [0.3, 0.4) is 0 Å². The third kappa shape index (κ3) is 5.13. The van der Waals surface area contributed by atoms with Gasteiger partial charge < -0.3 is 14.6 Å². The molecule has 2 fully saturated rings. The third-order valence-corrected chi connectivity index (χ3v) is 8.47. The van der Waals surface area contributed by atoms with Gasteiger partial charge in [-0.1, -0.05) is 6.07 Å². The smallest absolute Gasteiger partial charge is 0.261 e. The Morgan fingerprint density at radius 1 is 1.05 bits per heavy atom. The number of anilines is 1. The van der Waals surface area contributed by atoms with Gasteiger partial charge in [0.2, 0.25) is 5.95 Å². The number of rotatable bonds is 5. The van der Waals surface area contributed by atoms with Crippen LogP contribution in [-0.4, -0.2) is 66.5 Å². The van der Waals surface area contributed by atoms with Gasteiger partial charge in [-0.05, 0) is 95.3 Å². The number of carbonyl (C=O) groups excluding carboxylic acids is 1. The molecular weight excluding hydrogens is 509 g/mol. The van der Waals surface area contributed by atoms with Crippen LogP contribution in [0, 0.1) is 12.7 Å². The van der Waals surface area contributed by atoms with Crippen LogP contribution in [0.25, 0.3) is 22.3 Å². The van der Waals surface area contributed by atoms with Gasteiger partial charge in [-0.2, -0.15) is 5.10 Å². The predicted molar refractivity (Wildman–Crippen MR) is 152 cm³/mol. The normalized spacial score (nSPS) is 20.7. The molecule has 0 spiro atoms. The fourth-order valence-corrected chi connectivity index (χ4v) is 6.21. The minimum atomic E-state index is -0.691. The van der Waals surface area contributed by atoms with Crippen molar-refractivity contribution in [2.75, 3.05) is 25.5 Å². The number of aliphatic hydroxyl groups excluding tert-OH is 1. The molecule has 40 heavy (non-hydrogen) atoms. The number of nitrogens with zero attached hydrogens (tertiary/aromatic N) is 6. The summed E-state index contributed by atoms with van der Waals surface area (Å²) >= 11 is 0. The van der Waals surface area contributed by atoms with Crippen molar-refractivity contribution in [1.29, 1.82) is 0 Å². The Kier molecular flexibility index (Phi) is 7.14. The zero-order valence-electron chi connectivity index (χ0n) is 23.3. The van der Waals surface area contributed by atoms with Crippen LogP contribution in [0.5, 0.6) is 0 Å². The van der Waals surface area contributed by atoms with E-state index in [-0.39, 0.29) is 23.4 Å². The van der Waals surface area contributed by atoms with Crippen LogP contribution < -0.4 is 5.32 Å². The first-order chi connectivity index (χ1) is 19.3. The molecule has 4 heterocycles. The summed E-state index contributed by atoms with van der Waals surface area (Å²) in [5.41, 5.74) is 4.07. The van der Waals surface area contributed by atoms with Gasteiger partial charge in [0, 0.05) is 30.5 Å². The van der Waals surface area contributed by atoms with Crippen molar-refractivity contribution < 1.29 is 14.3 Å². The summed E-state index contributed by atoms with van der Waals surface area (Å²) in [5.74, 6) is -0.382. The van der Waals surface area contributed by atoms with E-state index < -0.39 is 11.7 Å².